The molecule has 6 nitrogen and oxygen atoms in total. The minimum atomic E-state index is -0.847. The van der Waals surface area contributed by atoms with Crippen molar-refractivity contribution in [3.8, 4) is 0 Å². The first-order valence-corrected chi connectivity index (χ1v) is 7.90. The van der Waals surface area contributed by atoms with Crippen LogP contribution in [0.2, 0.25) is 0 Å². The molecule has 0 bridgehead atoms. The van der Waals surface area contributed by atoms with Crippen LogP contribution in [0.3, 0.4) is 0 Å². The fraction of sp³-hybridized carbons (Fsp3) is 0.647. The number of ether oxygens (including phenoxy) is 3. The Balaban J connectivity index is 1.96. The number of rotatable bonds is 2. The molecule has 1 fully saturated rings. The van der Waals surface area contributed by atoms with Gasteiger partial charge in [-0.15, -0.1) is 0 Å². The fourth-order valence-corrected chi connectivity index (χ4v) is 3.41. The Hall–Kier alpha value is -1.66. The Kier molecular flexibility index (Phi) is 4.06. The zero-order valence-corrected chi connectivity index (χ0v) is 13.6. The summed E-state index contributed by atoms with van der Waals surface area (Å²) in [6.45, 7) is 5.05. The smallest absolute Gasteiger partial charge is 0.338 e. The third kappa shape index (κ3) is 3.05. The second-order valence-corrected chi connectivity index (χ2v) is 6.70. The molecule has 1 saturated heterocycles. The molecule has 23 heavy (non-hydrogen) atoms. The van der Waals surface area contributed by atoms with Gasteiger partial charge in [0.05, 0.1) is 17.3 Å². The average molecular weight is 322 g/mol. The summed E-state index contributed by atoms with van der Waals surface area (Å²) >= 11 is 0. The summed E-state index contributed by atoms with van der Waals surface area (Å²) in [5.41, 5.74) is 1.45. The lowest BCUT2D eigenvalue weighted by molar-refractivity contribution is -0.143. The summed E-state index contributed by atoms with van der Waals surface area (Å²) in [7, 11) is 0. The van der Waals surface area contributed by atoms with Gasteiger partial charge >= 0.3 is 11.9 Å². The molecular weight excluding hydrogens is 300 g/mol. The van der Waals surface area contributed by atoms with Crippen LogP contribution >= 0.6 is 0 Å². The van der Waals surface area contributed by atoms with Crippen LogP contribution in [0.25, 0.3) is 0 Å². The van der Waals surface area contributed by atoms with E-state index in [-0.39, 0.29) is 23.9 Å². The zero-order chi connectivity index (χ0) is 16.8. The van der Waals surface area contributed by atoms with Crippen LogP contribution in [0, 0.1) is 0 Å². The number of allylic oxidation sites excluding steroid dienone is 1. The molecule has 6 heteroatoms. The molecule has 1 N–H and O–H groups in total. The maximum Gasteiger partial charge on any atom is 0.338 e. The monoisotopic (exact) mass is 322 g/mol. The van der Waals surface area contributed by atoms with Crippen LogP contribution in [0.4, 0.5) is 0 Å². The molecule has 3 rings (SSSR count). The molecular formula is C17H22O6. The molecule has 0 spiro atoms. The largest absolute Gasteiger partial charge is 0.461 e. The highest BCUT2D eigenvalue weighted by Crippen LogP contribution is 2.48. The Labute approximate surface area is 135 Å². The third-order valence-corrected chi connectivity index (χ3v) is 4.78. The lowest BCUT2D eigenvalue weighted by Gasteiger charge is -2.21. The summed E-state index contributed by atoms with van der Waals surface area (Å²) in [6, 6.07) is 0. The van der Waals surface area contributed by atoms with E-state index in [9.17, 15) is 14.7 Å². The van der Waals surface area contributed by atoms with Crippen LogP contribution in [0.5, 0.6) is 0 Å². The molecule has 0 aromatic heterocycles. The van der Waals surface area contributed by atoms with Crippen molar-refractivity contribution >= 4 is 11.9 Å². The van der Waals surface area contributed by atoms with E-state index in [1.165, 1.54) is 6.92 Å². The Morgan fingerprint density at radius 3 is 2.96 bits per heavy atom. The zero-order valence-electron chi connectivity index (χ0n) is 13.6. The lowest BCUT2D eigenvalue weighted by atomic mass is 9.87. The average Bonchev–Trinajstić information content (AvgIpc) is 3.00. The fourth-order valence-electron chi connectivity index (χ4n) is 3.41. The van der Waals surface area contributed by atoms with Crippen LogP contribution < -0.4 is 0 Å². The number of epoxide rings is 1. The molecule has 3 aliphatic rings. The molecule has 0 amide bonds. The molecule has 0 aromatic carbocycles. The number of aliphatic hydroxyl groups is 1. The predicted octanol–water partition coefficient (Wildman–Crippen LogP) is 1.42. The highest BCUT2D eigenvalue weighted by molar-refractivity contribution is 5.93. The number of hydrogen-bond acceptors (Lipinski definition) is 6. The minimum Gasteiger partial charge on any atom is -0.461 e. The van der Waals surface area contributed by atoms with Crippen LogP contribution in [0.1, 0.15) is 40.0 Å². The van der Waals surface area contributed by atoms with Gasteiger partial charge in [-0.05, 0) is 33.1 Å². The van der Waals surface area contributed by atoms with Gasteiger partial charge in [0.2, 0.25) is 0 Å². The molecule has 4 atom stereocenters. The van der Waals surface area contributed by atoms with Crippen molar-refractivity contribution in [2.24, 2.45) is 0 Å². The minimum absolute atomic E-state index is 0.177. The lowest BCUT2D eigenvalue weighted by Crippen LogP contribution is -2.30. The van der Waals surface area contributed by atoms with Crippen LogP contribution in [-0.2, 0) is 23.8 Å². The predicted molar refractivity (Wildman–Crippen MR) is 80.4 cm³/mol. The van der Waals surface area contributed by atoms with E-state index >= 15 is 0 Å². The first kappa shape index (κ1) is 16.2. The third-order valence-electron chi connectivity index (χ3n) is 4.78. The van der Waals surface area contributed by atoms with Crippen molar-refractivity contribution in [1.82, 2.24) is 0 Å². The summed E-state index contributed by atoms with van der Waals surface area (Å²) in [5, 5.41) is 10.6. The van der Waals surface area contributed by atoms with Crippen LogP contribution in [-0.4, -0.2) is 47.6 Å². The van der Waals surface area contributed by atoms with E-state index in [0.717, 1.165) is 18.4 Å². The number of carbonyl (C=O) groups is 2. The second-order valence-electron chi connectivity index (χ2n) is 6.70. The molecule has 0 radical (unpaired) electrons. The van der Waals surface area contributed by atoms with Crippen molar-refractivity contribution in [1.29, 1.82) is 0 Å². The van der Waals surface area contributed by atoms with Crippen molar-refractivity contribution in [2.75, 3.05) is 6.61 Å². The van der Waals surface area contributed by atoms with Crippen LogP contribution in [0.15, 0.2) is 22.8 Å². The van der Waals surface area contributed by atoms with E-state index < -0.39 is 24.1 Å². The number of fused-ring (bicyclic) bond motifs is 3. The van der Waals surface area contributed by atoms with Gasteiger partial charge in [0.1, 0.15) is 12.7 Å². The molecule has 1 aliphatic carbocycles. The number of carbonyl (C=O) groups excluding carboxylic acids is 2. The van der Waals surface area contributed by atoms with Crippen molar-refractivity contribution in [3.05, 3.63) is 22.8 Å². The van der Waals surface area contributed by atoms with Gasteiger partial charge in [0, 0.05) is 12.5 Å². The van der Waals surface area contributed by atoms with Gasteiger partial charge in [-0.1, -0.05) is 11.6 Å². The van der Waals surface area contributed by atoms with Crippen molar-refractivity contribution in [3.63, 3.8) is 0 Å². The molecule has 2 aliphatic heterocycles. The maximum absolute atomic E-state index is 12.2. The number of aliphatic hydroxyl groups excluding tert-OH is 1. The van der Waals surface area contributed by atoms with Crippen molar-refractivity contribution in [2.45, 2.75) is 63.9 Å². The highest BCUT2D eigenvalue weighted by atomic mass is 16.6. The Morgan fingerprint density at radius 1 is 1.52 bits per heavy atom. The SMILES string of the molecule is CC(=O)OCC1=C2[C@@H](O)C/C(C)=C\CC[C@@]3(C)O[C@H]3[C@H]2OC1=O. The van der Waals surface area contributed by atoms with Gasteiger partial charge in [-0.2, -0.15) is 0 Å². The first-order valence-electron chi connectivity index (χ1n) is 7.90. The molecule has 0 saturated carbocycles. The summed E-state index contributed by atoms with van der Waals surface area (Å²) < 4.78 is 16.2. The van der Waals surface area contributed by atoms with Crippen molar-refractivity contribution < 1.29 is 28.9 Å². The molecule has 0 unspecified atom stereocenters. The van der Waals surface area contributed by atoms with Gasteiger partial charge in [0.25, 0.3) is 0 Å². The van der Waals surface area contributed by atoms with E-state index in [1.807, 2.05) is 13.8 Å². The maximum atomic E-state index is 12.2. The standard InChI is InChI=1S/C17H22O6/c1-9-5-4-6-17(3)15(23-17)14-13(12(19)7-9)11(16(20)22-14)8-21-10(2)18/h5,12,14-15,19H,4,6-8H2,1-3H3/b9-5-/t12-,14-,15-,17+/m0/s1. The van der Waals surface area contributed by atoms with Gasteiger partial charge in [0.15, 0.2) is 6.10 Å². The highest BCUT2D eigenvalue weighted by Gasteiger charge is 2.61. The second kappa shape index (κ2) is 5.76. The first-order chi connectivity index (χ1) is 10.8. The number of esters is 2. The molecule has 126 valence electrons. The Morgan fingerprint density at radius 2 is 2.26 bits per heavy atom. The van der Waals surface area contributed by atoms with E-state index in [4.69, 9.17) is 14.2 Å². The summed E-state index contributed by atoms with van der Waals surface area (Å²) in [4.78, 5) is 23.2. The van der Waals surface area contributed by atoms with Gasteiger partial charge in [-0.25, -0.2) is 4.79 Å². The topological polar surface area (TPSA) is 85.4 Å². The summed E-state index contributed by atoms with van der Waals surface area (Å²) in [6.07, 6.45) is 2.53. The van der Waals surface area contributed by atoms with E-state index in [2.05, 4.69) is 6.08 Å². The Bertz CT molecular complexity index is 604. The normalized spacial score (nSPS) is 38.9. The van der Waals surface area contributed by atoms with Gasteiger partial charge < -0.3 is 19.3 Å². The molecule has 0 aromatic rings. The van der Waals surface area contributed by atoms with Gasteiger partial charge in [-0.3, -0.25) is 4.79 Å². The molecule has 2 heterocycles. The number of hydrogen-bond donors (Lipinski definition) is 1. The quantitative estimate of drug-likeness (QED) is 0.470. The van der Waals surface area contributed by atoms with E-state index in [0.29, 0.717) is 12.0 Å². The van der Waals surface area contributed by atoms with E-state index in [1.54, 1.807) is 0 Å². The summed E-state index contributed by atoms with van der Waals surface area (Å²) in [5.74, 6) is -1.02.